The van der Waals surface area contributed by atoms with Crippen LogP contribution in [0.3, 0.4) is 0 Å². The number of hydrogen-bond acceptors (Lipinski definition) is 5. The maximum absolute atomic E-state index is 12.8. The van der Waals surface area contributed by atoms with Gasteiger partial charge in [0.05, 0.1) is 11.8 Å². The molecule has 0 aliphatic rings. The Kier molecular flexibility index (Phi) is 6.22. The minimum Gasteiger partial charge on any atom is -0.344 e. The minimum absolute atomic E-state index is 0.0228. The van der Waals surface area contributed by atoms with Gasteiger partial charge in [0.25, 0.3) is 0 Å². The van der Waals surface area contributed by atoms with Crippen molar-refractivity contribution >= 4 is 39.2 Å². The lowest BCUT2D eigenvalue weighted by atomic mass is 9.99. The van der Waals surface area contributed by atoms with Crippen molar-refractivity contribution in [3.63, 3.8) is 0 Å². The minimum atomic E-state index is -0.177. The molecule has 0 saturated carbocycles. The molecule has 2 aromatic carbocycles. The molecule has 2 aromatic heterocycles. The quantitative estimate of drug-likeness (QED) is 0.328. The van der Waals surface area contributed by atoms with Crippen LogP contribution in [0.4, 0.5) is 0 Å². The number of thiophene rings is 1. The first-order valence-electron chi connectivity index (χ1n) is 9.50. The third kappa shape index (κ3) is 4.66. The second-order valence-electron chi connectivity index (χ2n) is 6.57. The molecule has 146 valence electrons. The first-order valence-corrected chi connectivity index (χ1v) is 11.3. The van der Waals surface area contributed by atoms with Crippen LogP contribution < -0.4 is 5.32 Å². The number of nitrogens with zero attached hydrogens (tertiary/aromatic N) is 2. The van der Waals surface area contributed by atoms with E-state index in [1.54, 1.807) is 17.7 Å². The zero-order valence-electron chi connectivity index (χ0n) is 16.0. The molecular formula is C23H21N3OS2. The van der Waals surface area contributed by atoms with Crippen LogP contribution in [-0.2, 0) is 11.2 Å². The molecule has 0 fully saturated rings. The first-order chi connectivity index (χ1) is 14.2. The molecule has 0 bridgehead atoms. The van der Waals surface area contributed by atoms with Gasteiger partial charge in [0.1, 0.15) is 16.2 Å². The Morgan fingerprint density at radius 2 is 1.69 bits per heavy atom. The molecule has 0 saturated heterocycles. The van der Waals surface area contributed by atoms with E-state index >= 15 is 0 Å². The Hall–Kier alpha value is -2.70. The SMILES string of the molecule is CCc1cc2c(SCC(=O)NC(c3ccccc3)c3ccccc3)ncnc2s1. The second kappa shape index (κ2) is 9.20. The van der Waals surface area contributed by atoms with Crippen molar-refractivity contribution in [2.45, 2.75) is 24.4 Å². The van der Waals surface area contributed by atoms with Crippen LogP contribution >= 0.6 is 23.1 Å². The summed E-state index contributed by atoms with van der Waals surface area (Å²) in [7, 11) is 0. The zero-order chi connectivity index (χ0) is 20.1. The highest BCUT2D eigenvalue weighted by atomic mass is 32.2. The zero-order valence-corrected chi connectivity index (χ0v) is 17.7. The van der Waals surface area contributed by atoms with Gasteiger partial charge in [-0.2, -0.15) is 0 Å². The average Bonchev–Trinajstić information content (AvgIpc) is 3.21. The van der Waals surface area contributed by atoms with E-state index in [9.17, 15) is 4.79 Å². The van der Waals surface area contributed by atoms with Gasteiger partial charge in [-0.1, -0.05) is 79.3 Å². The van der Waals surface area contributed by atoms with E-state index < -0.39 is 0 Å². The van der Waals surface area contributed by atoms with Gasteiger partial charge in [0.15, 0.2) is 0 Å². The van der Waals surface area contributed by atoms with Crippen LogP contribution in [0.15, 0.2) is 78.1 Å². The van der Waals surface area contributed by atoms with E-state index in [4.69, 9.17) is 0 Å². The summed E-state index contributed by atoms with van der Waals surface area (Å²) in [5, 5.41) is 5.08. The lowest BCUT2D eigenvalue weighted by Gasteiger charge is -2.19. The van der Waals surface area contributed by atoms with Crippen LogP contribution in [0.5, 0.6) is 0 Å². The van der Waals surface area contributed by atoms with Gasteiger partial charge in [0, 0.05) is 10.3 Å². The standard InChI is InChI=1S/C23H21N3OS2/c1-2-18-13-19-22(24-15-25-23(19)29-18)28-14-20(27)26-21(16-9-5-3-6-10-16)17-11-7-4-8-12-17/h3-13,15,21H,2,14H2,1H3,(H,26,27). The van der Waals surface area contributed by atoms with Crippen molar-refractivity contribution in [1.29, 1.82) is 0 Å². The molecule has 0 radical (unpaired) electrons. The smallest absolute Gasteiger partial charge is 0.231 e. The van der Waals surface area contributed by atoms with E-state index in [-0.39, 0.29) is 11.9 Å². The highest BCUT2D eigenvalue weighted by molar-refractivity contribution is 8.00. The Morgan fingerprint density at radius 3 is 2.31 bits per heavy atom. The van der Waals surface area contributed by atoms with Crippen LogP contribution in [0, 0.1) is 0 Å². The number of rotatable bonds is 7. The fourth-order valence-electron chi connectivity index (χ4n) is 3.16. The molecule has 1 N–H and O–H groups in total. The maximum atomic E-state index is 12.8. The van der Waals surface area contributed by atoms with E-state index in [1.165, 1.54) is 16.6 Å². The van der Waals surface area contributed by atoms with Crippen molar-refractivity contribution in [2.24, 2.45) is 0 Å². The molecule has 0 atom stereocenters. The molecule has 0 spiro atoms. The lowest BCUT2D eigenvalue weighted by molar-refractivity contribution is -0.119. The summed E-state index contributed by atoms with van der Waals surface area (Å²) in [5.74, 6) is 0.282. The number of carbonyl (C=O) groups is 1. The number of amides is 1. The molecule has 6 heteroatoms. The van der Waals surface area contributed by atoms with E-state index in [1.807, 2.05) is 60.7 Å². The number of aryl methyl sites for hydroxylation is 1. The Morgan fingerprint density at radius 1 is 1.03 bits per heavy atom. The van der Waals surface area contributed by atoms with Gasteiger partial charge >= 0.3 is 0 Å². The number of aromatic nitrogens is 2. The van der Waals surface area contributed by atoms with Crippen LogP contribution in [0.2, 0.25) is 0 Å². The molecule has 0 aliphatic carbocycles. The van der Waals surface area contributed by atoms with Crippen LogP contribution in [0.1, 0.15) is 29.0 Å². The summed E-state index contributed by atoms with van der Waals surface area (Å²) in [6.07, 6.45) is 2.55. The van der Waals surface area contributed by atoms with Crippen LogP contribution in [0.25, 0.3) is 10.2 Å². The number of hydrogen-bond donors (Lipinski definition) is 1. The third-order valence-corrected chi connectivity index (χ3v) is 6.80. The largest absolute Gasteiger partial charge is 0.344 e. The van der Waals surface area contributed by atoms with Gasteiger partial charge in [-0.15, -0.1) is 11.3 Å². The molecule has 2 heterocycles. The van der Waals surface area contributed by atoms with Crippen molar-refractivity contribution in [3.05, 3.63) is 89.1 Å². The molecule has 0 unspecified atom stereocenters. The Labute approximate surface area is 178 Å². The summed E-state index contributed by atoms with van der Waals surface area (Å²) in [4.78, 5) is 23.8. The molecular weight excluding hydrogens is 398 g/mol. The first kappa shape index (κ1) is 19.6. The number of benzene rings is 2. The Bertz CT molecular complexity index is 1060. The number of fused-ring (bicyclic) bond motifs is 1. The lowest BCUT2D eigenvalue weighted by Crippen LogP contribution is -2.30. The number of thioether (sulfide) groups is 1. The number of nitrogens with one attached hydrogen (secondary N) is 1. The highest BCUT2D eigenvalue weighted by Crippen LogP contribution is 2.31. The van der Waals surface area contributed by atoms with Crippen molar-refractivity contribution < 1.29 is 4.79 Å². The monoisotopic (exact) mass is 419 g/mol. The summed E-state index contributed by atoms with van der Waals surface area (Å²) < 4.78 is 0. The summed E-state index contributed by atoms with van der Waals surface area (Å²) in [6, 6.07) is 22.0. The predicted octanol–water partition coefficient (Wildman–Crippen LogP) is 5.25. The molecule has 4 aromatic rings. The van der Waals surface area contributed by atoms with Crippen molar-refractivity contribution in [3.8, 4) is 0 Å². The van der Waals surface area contributed by atoms with Gasteiger partial charge in [-0.05, 0) is 23.6 Å². The normalized spacial score (nSPS) is 11.1. The fraction of sp³-hybridized carbons (Fsp3) is 0.174. The maximum Gasteiger partial charge on any atom is 0.231 e. The third-order valence-electron chi connectivity index (χ3n) is 4.60. The van der Waals surface area contributed by atoms with E-state index in [0.717, 1.165) is 32.8 Å². The summed E-state index contributed by atoms with van der Waals surface area (Å²) >= 11 is 3.14. The molecule has 29 heavy (non-hydrogen) atoms. The van der Waals surface area contributed by atoms with Crippen LogP contribution in [-0.4, -0.2) is 21.6 Å². The number of carbonyl (C=O) groups excluding carboxylic acids is 1. The summed E-state index contributed by atoms with van der Waals surface area (Å²) in [6.45, 7) is 2.13. The van der Waals surface area contributed by atoms with Crippen molar-refractivity contribution in [1.82, 2.24) is 15.3 Å². The fourth-order valence-corrected chi connectivity index (χ4v) is 4.94. The van der Waals surface area contributed by atoms with Gasteiger partial charge in [0.2, 0.25) is 5.91 Å². The van der Waals surface area contributed by atoms with Gasteiger partial charge < -0.3 is 5.32 Å². The summed E-state index contributed by atoms with van der Waals surface area (Å²) in [5.41, 5.74) is 2.12. The van der Waals surface area contributed by atoms with E-state index in [2.05, 4.69) is 28.3 Å². The van der Waals surface area contributed by atoms with Gasteiger partial charge in [-0.3, -0.25) is 4.79 Å². The second-order valence-corrected chi connectivity index (χ2v) is 8.65. The molecule has 1 amide bonds. The predicted molar refractivity (Wildman–Crippen MR) is 120 cm³/mol. The van der Waals surface area contributed by atoms with E-state index in [0.29, 0.717) is 5.75 Å². The molecule has 4 rings (SSSR count). The average molecular weight is 420 g/mol. The highest BCUT2D eigenvalue weighted by Gasteiger charge is 2.17. The topological polar surface area (TPSA) is 54.9 Å². The Balaban J connectivity index is 1.50. The molecule has 4 nitrogen and oxygen atoms in total. The van der Waals surface area contributed by atoms with Gasteiger partial charge in [-0.25, -0.2) is 9.97 Å². The molecule has 0 aliphatic heterocycles. The van der Waals surface area contributed by atoms with Crippen molar-refractivity contribution in [2.75, 3.05) is 5.75 Å².